The highest BCUT2D eigenvalue weighted by Crippen LogP contribution is 2.64. The summed E-state index contributed by atoms with van der Waals surface area (Å²) < 4.78 is 10.8. The van der Waals surface area contributed by atoms with E-state index in [2.05, 4.69) is 0 Å². The van der Waals surface area contributed by atoms with Crippen LogP contribution in [-0.2, 0) is 15.1 Å². The summed E-state index contributed by atoms with van der Waals surface area (Å²) in [6, 6.07) is 19.1. The molecule has 8 heteroatoms. The minimum absolute atomic E-state index is 0.0586. The fraction of sp³-hybridized carbons (Fsp3) is 0.200. The maximum absolute atomic E-state index is 13.9. The smallest absolute Gasteiger partial charge is 0.285 e. The van der Waals surface area contributed by atoms with Crippen molar-refractivity contribution in [2.45, 2.75) is 11.5 Å². The minimum Gasteiger partial charge on any atom is -0.454 e. The van der Waals surface area contributed by atoms with E-state index < -0.39 is 35.1 Å². The topological polar surface area (TPSA) is 99.0 Å². The first-order chi connectivity index (χ1) is 16.0. The van der Waals surface area contributed by atoms with Gasteiger partial charge in [-0.2, -0.15) is 0 Å². The van der Waals surface area contributed by atoms with E-state index >= 15 is 0 Å². The Morgan fingerprint density at radius 2 is 1.52 bits per heavy atom. The van der Waals surface area contributed by atoms with Crippen LogP contribution in [0, 0.1) is 22.0 Å². The highest BCUT2D eigenvalue weighted by Gasteiger charge is 2.74. The molecule has 0 spiro atoms. The van der Waals surface area contributed by atoms with Crippen LogP contribution in [0.3, 0.4) is 0 Å². The van der Waals surface area contributed by atoms with Gasteiger partial charge in [0.25, 0.3) is 5.54 Å². The van der Waals surface area contributed by atoms with Crippen molar-refractivity contribution < 1.29 is 24.0 Å². The van der Waals surface area contributed by atoms with Crippen molar-refractivity contribution in [3.05, 3.63) is 99.1 Å². The average Bonchev–Trinajstić information content (AvgIpc) is 3.41. The van der Waals surface area contributed by atoms with Crippen LogP contribution in [-0.4, -0.2) is 23.5 Å². The molecule has 2 amide bonds. The number of hydrogen-bond donors (Lipinski definition) is 0. The Kier molecular flexibility index (Phi) is 3.33. The van der Waals surface area contributed by atoms with Crippen LogP contribution < -0.4 is 14.4 Å². The first kappa shape index (κ1) is 18.4. The SMILES string of the molecule is O=C1[C@@H]2[C@@H](C(=O)N1c1ccc3c(c1)OCO3)C1c3ccccc3C2([N+](=O)[O-])c2ccccc21. The van der Waals surface area contributed by atoms with Gasteiger partial charge in [0.05, 0.1) is 11.6 Å². The molecule has 0 aromatic heterocycles. The average molecular weight is 440 g/mol. The van der Waals surface area contributed by atoms with Gasteiger partial charge in [0, 0.05) is 28.0 Å². The van der Waals surface area contributed by atoms with Gasteiger partial charge in [-0.05, 0) is 23.3 Å². The number of amides is 2. The molecular formula is C25H16N2O6. The van der Waals surface area contributed by atoms with E-state index in [-0.39, 0.29) is 11.7 Å². The molecule has 3 aromatic rings. The fourth-order valence-corrected chi connectivity index (χ4v) is 6.32. The van der Waals surface area contributed by atoms with Crippen molar-refractivity contribution in [2.75, 3.05) is 11.7 Å². The third-order valence-corrected chi connectivity index (χ3v) is 7.48. The zero-order valence-corrected chi connectivity index (χ0v) is 17.1. The number of rotatable bonds is 2. The molecule has 0 saturated carbocycles. The van der Waals surface area contributed by atoms with E-state index in [1.165, 1.54) is 0 Å². The Morgan fingerprint density at radius 3 is 2.18 bits per heavy atom. The maximum Gasteiger partial charge on any atom is 0.285 e. The summed E-state index contributed by atoms with van der Waals surface area (Å²) in [6.07, 6.45) is 0. The second kappa shape index (κ2) is 5.98. The first-order valence-corrected chi connectivity index (χ1v) is 10.7. The summed E-state index contributed by atoms with van der Waals surface area (Å²) >= 11 is 0. The molecule has 0 radical (unpaired) electrons. The Morgan fingerprint density at radius 1 is 0.879 bits per heavy atom. The van der Waals surface area contributed by atoms with Gasteiger partial charge in [-0.25, -0.2) is 4.90 Å². The highest BCUT2D eigenvalue weighted by molar-refractivity contribution is 6.23. The lowest BCUT2D eigenvalue weighted by molar-refractivity contribution is -0.578. The van der Waals surface area contributed by atoms with Crippen molar-refractivity contribution in [1.82, 2.24) is 0 Å². The Balaban J connectivity index is 1.50. The lowest BCUT2D eigenvalue weighted by Gasteiger charge is -2.48. The number of nitrogens with zero attached hydrogens (tertiary/aromatic N) is 2. The molecule has 1 fully saturated rings. The van der Waals surface area contributed by atoms with Crippen LogP contribution in [0.1, 0.15) is 28.2 Å². The molecule has 162 valence electrons. The number of benzene rings is 3. The molecule has 8 nitrogen and oxygen atoms in total. The van der Waals surface area contributed by atoms with Gasteiger partial charge >= 0.3 is 0 Å². The van der Waals surface area contributed by atoms with Gasteiger partial charge in [-0.3, -0.25) is 19.7 Å². The third-order valence-electron chi connectivity index (χ3n) is 7.48. The number of imide groups is 1. The molecular weight excluding hydrogens is 424 g/mol. The lowest BCUT2D eigenvalue weighted by Crippen LogP contribution is -2.57. The van der Waals surface area contributed by atoms with Crippen molar-refractivity contribution >= 4 is 17.5 Å². The molecule has 2 atom stereocenters. The summed E-state index contributed by atoms with van der Waals surface area (Å²) in [5, 5.41) is 12.9. The number of nitro groups is 1. The number of hydrogen-bond acceptors (Lipinski definition) is 6. The Bertz CT molecular complexity index is 1370. The van der Waals surface area contributed by atoms with Gasteiger partial charge in [0.1, 0.15) is 5.92 Å². The number of ether oxygens (including phenoxy) is 2. The summed E-state index contributed by atoms with van der Waals surface area (Å²) in [5.41, 5.74) is 0.965. The quantitative estimate of drug-likeness (QED) is 0.345. The molecule has 0 N–H and O–H groups in total. The van der Waals surface area contributed by atoms with Gasteiger partial charge < -0.3 is 9.47 Å². The van der Waals surface area contributed by atoms with Crippen molar-refractivity contribution in [1.29, 1.82) is 0 Å². The largest absolute Gasteiger partial charge is 0.454 e. The van der Waals surface area contributed by atoms with Crippen molar-refractivity contribution in [3.63, 3.8) is 0 Å². The predicted molar refractivity (Wildman–Crippen MR) is 115 cm³/mol. The number of carbonyl (C=O) groups is 2. The molecule has 3 aliphatic carbocycles. The Labute approximate surface area is 187 Å². The van der Waals surface area contributed by atoms with Crippen LogP contribution in [0.25, 0.3) is 0 Å². The second-order valence-corrected chi connectivity index (χ2v) is 8.73. The maximum atomic E-state index is 13.9. The van der Waals surface area contributed by atoms with E-state index in [0.29, 0.717) is 28.3 Å². The normalized spacial score (nSPS) is 27.9. The fourth-order valence-electron chi connectivity index (χ4n) is 6.32. The molecule has 2 aliphatic heterocycles. The van der Waals surface area contributed by atoms with Crippen molar-refractivity contribution in [2.24, 2.45) is 11.8 Å². The molecule has 0 unspecified atom stereocenters. The van der Waals surface area contributed by atoms with Crippen LogP contribution in [0.5, 0.6) is 11.5 Å². The number of fused-ring (bicyclic) bond motifs is 1. The summed E-state index contributed by atoms with van der Waals surface area (Å²) in [4.78, 5) is 41.4. The summed E-state index contributed by atoms with van der Waals surface area (Å²) in [6.45, 7) is 0.0586. The van der Waals surface area contributed by atoms with E-state index in [0.717, 1.165) is 16.0 Å². The van der Waals surface area contributed by atoms with Gasteiger partial charge in [0.15, 0.2) is 11.5 Å². The first-order valence-electron chi connectivity index (χ1n) is 10.7. The summed E-state index contributed by atoms with van der Waals surface area (Å²) in [5.74, 6) is -2.46. The van der Waals surface area contributed by atoms with Crippen molar-refractivity contribution in [3.8, 4) is 11.5 Å². The van der Waals surface area contributed by atoms with E-state index in [9.17, 15) is 19.7 Å². The second-order valence-electron chi connectivity index (χ2n) is 8.73. The highest BCUT2D eigenvalue weighted by atomic mass is 16.7. The van der Waals surface area contributed by atoms with E-state index in [4.69, 9.17) is 9.47 Å². The number of carbonyl (C=O) groups excluding carboxylic acids is 2. The molecule has 3 aromatic carbocycles. The predicted octanol–water partition coefficient (Wildman–Crippen LogP) is 3.20. The molecule has 1 saturated heterocycles. The molecule has 2 bridgehead atoms. The van der Waals surface area contributed by atoms with E-state index in [1.807, 2.05) is 24.3 Å². The van der Waals surface area contributed by atoms with Crippen LogP contribution in [0.4, 0.5) is 5.69 Å². The standard InChI is InChI=1S/C25H16N2O6/c28-23-21-20-14-5-1-3-7-16(14)25(27(30)31,17-8-4-2-6-15(17)20)22(21)24(29)26(23)13-9-10-18-19(11-13)33-12-32-18/h1-11,20-22H,12H2/t20?,21-,22-,25?/m0/s1. The Hall–Kier alpha value is -4.20. The third kappa shape index (κ3) is 1.97. The van der Waals surface area contributed by atoms with Crippen LogP contribution in [0.15, 0.2) is 66.7 Å². The molecule has 2 heterocycles. The van der Waals surface area contributed by atoms with Gasteiger partial charge in [-0.1, -0.05) is 48.5 Å². The molecule has 8 rings (SSSR count). The van der Waals surface area contributed by atoms with E-state index in [1.54, 1.807) is 42.5 Å². The molecule has 33 heavy (non-hydrogen) atoms. The number of anilines is 1. The van der Waals surface area contributed by atoms with Gasteiger partial charge in [0.2, 0.25) is 18.6 Å². The zero-order chi connectivity index (χ0) is 22.5. The van der Waals surface area contributed by atoms with Crippen LogP contribution in [0.2, 0.25) is 0 Å². The molecule has 5 aliphatic rings. The zero-order valence-electron chi connectivity index (χ0n) is 17.1. The monoisotopic (exact) mass is 440 g/mol. The van der Waals surface area contributed by atoms with Crippen LogP contribution >= 0.6 is 0 Å². The summed E-state index contributed by atoms with van der Waals surface area (Å²) in [7, 11) is 0. The minimum atomic E-state index is -1.83. The lowest BCUT2D eigenvalue weighted by atomic mass is 9.51. The van der Waals surface area contributed by atoms with Gasteiger partial charge in [-0.15, -0.1) is 0 Å².